The fourth-order valence-electron chi connectivity index (χ4n) is 2.60. The molecule has 0 aliphatic carbocycles. The number of carboxylic acid groups (broad SMARTS) is 1. The number of nitrogens with zero attached hydrogens (tertiary/aromatic N) is 2. The number of carbonyl (C=O) groups is 2. The third-order valence-corrected chi connectivity index (χ3v) is 6.83. The number of hydrogen-bond donors (Lipinski definition) is 2. The summed E-state index contributed by atoms with van der Waals surface area (Å²) >= 11 is 6.85. The number of nitrogens with one attached hydrogen (secondary N) is 1. The number of aliphatic carboxylic acids is 1. The largest absolute Gasteiger partial charge is 0.480 e. The van der Waals surface area contributed by atoms with Crippen LogP contribution in [0.25, 0.3) is 10.2 Å². The standard InChI is InChI=1S/C14H14ClN3O5S2/c15-8-3-4-11-10(6-8)16-14(24-11)25(22,23)17-9-2-1-5-18(13(9)21)7-12(19)20/h3-4,6,9,17H,1-2,5,7H2,(H,19,20). The summed E-state index contributed by atoms with van der Waals surface area (Å²) in [5, 5.41) is 9.28. The van der Waals surface area contributed by atoms with Crippen LogP contribution in [0.3, 0.4) is 0 Å². The number of halogens is 1. The van der Waals surface area contributed by atoms with Gasteiger partial charge < -0.3 is 10.0 Å². The van der Waals surface area contributed by atoms with E-state index in [4.69, 9.17) is 16.7 Å². The normalized spacial score (nSPS) is 18.7. The molecule has 1 aliphatic rings. The minimum absolute atomic E-state index is 0.159. The van der Waals surface area contributed by atoms with Crippen LogP contribution in [0, 0.1) is 0 Å². The minimum atomic E-state index is -4.00. The highest BCUT2D eigenvalue weighted by molar-refractivity contribution is 7.91. The van der Waals surface area contributed by atoms with E-state index < -0.39 is 34.5 Å². The Morgan fingerprint density at radius 2 is 2.24 bits per heavy atom. The zero-order valence-electron chi connectivity index (χ0n) is 12.8. The summed E-state index contributed by atoms with van der Waals surface area (Å²) in [6.45, 7) is -0.153. The lowest BCUT2D eigenvalue weighted by Crippen LogP contribution is -2.53. The summed E-state index contributed by atoms with van der Waals surface area (Å²) in [5.41, 5.74) is 0.459. The number of benzene rings is 1. The number of likely N-dealkylation sites (tertiary alicyclic amines) is 1. The lowest BCUT2D eigenvalue weighted by atomic mass is 10.1. The molecule has 1 unspecified atom stereocenters. The highest BCUT2D eigenvalue weighted by atomic mass is 35.5. The molecular weight excluding hydrogens is 390 g/mol. The van der Waals surface area contributed by atoms with Gasteiger partial charge in [0.2, 0.25) is 10.2 Å². The number of amides is 1. The third-order valence-electron chi connectivity index (χ3n) is 3.71. The van der Waals surface area contributed by atoms with E-state index in [1.54, 1.807) is 18.2 Å². The molecule has 1 saturated heterocycles. The summed E-state index contributed by atoms with van der Waals surface area (Å²) < 4.78 is 27.9. The van der Waals surface area contributed by atoms with E-state index in [9.17, 15) is 18.0 Å². The molecule has 25 heavy (non-hydrogen) atoms. The fraction of sp³-hybridized carbons (Fsp3) is 0.357. The second kappa shape index (κ2) is 6.87. The van der Waals surface area contributed by atoms with Crippen molar-refractivity contribution in [3.63, 3.8) is 0 Å². The molecule has 1 aliphatic heterocycles. The number of carbonyl (C=O) groups excluding carboxylic acids is 1. The van der Waals surface area contributed by atoms with Gasteiger partial charge in [-0.3, -0.25) is 9.59 Å². The molecule has 0 saturated carbocycles. The second-order valence-corrected chi connectivity index (χ2v) is 8.92. The number of thiazole rings is 1. The minimum Gasteiger partial charge on any atom is -0.480 e. The van der Waals surface area contributed by atoms with Crippen molar-refractivity contribution in [2.45, 2.75) is 23.2 Å². The molecule has 0 spiro atoms. The number of carboxylic acids is 1. The van der Waals surface area contributed by atoms with E-state index in [-0.39, 0.29) is 4.34 Å². The lowest BCUT2D eigenvalue weighted by Gasteiger charge is -2.31. The summed E-state index contributed by atoms with van der Waals surface area (Å²) in [5.74, 6) is -1.68. The summed E-state index contributed by atoms with van der Waals surface area (Å²) in [4.78, 5) is 28.3. The molecular formula is C14H14ClN3O5S2. The van der Waals surface area contributed by atoms with Crippen molar-refractivity contribution >= 4 is 55.1 Å². The van der Waals surface area contributed by atoms with E-state index >= 15 is 0 Å². The first-order valence-electron chi connectivity index (χ1n) is 7.35. The van der Waals surface area contributed by atoms with Crippen molar-refractivity contribution in [2.75, 3.05) is 13.1 Å². The van der Waals surface area contributed by atoms with Gasteiger partial charge in [0.25, 0.3) is 10.0 Å². The number of hydrogen-bond acceptors (Lipinski definition) is 6. The molecule has 0 radical (unpaired) electrons. The van der Waals surface area contributed by atoms with Gasteiger partial charge in [-0.1, -0.05) is 11.6 Å². The Morgan fingerprint density at radius 1 is 1.48 bits per heavy atom. The van der Waals surface area contributed by atoms with Gasteiger partial charge in [-0.25, -0.2) is 13.4 Å². The van der Waals surface area contributed by atoms with Crippen LogP contribution in [0.15, 0.2) is 22.5 Å². The zero-order chi connectivity index (χ0) is 18.2. The molecule has 1 fully saturated rings. The number of rotatable bonds is 5. The van der Waals surface area contributed by atoms with Crippen molar-refractivity contribution in [3.05, 3.63) is 23.2 Å². The smallest absolute Gasteiger partial charge is 0.323 e. The first kappa shape index (κ1) is 18.1. The van der Waals surface area contributed by atoms with Crippen molar-refractivity contribution in [1.29, 1.82) is 0 Å². The highest BCUT2D eigenvalue weighted by Crippen LogP contribution is 2.28. The van der Waals surface area contributed by atoms with E-state index in [2.05, 4.69) is 9.71 Å². The Bertz CT molecular complexity index is 943. The average Bonchev–Trinajstić information content (AvgIpc) is 2.94. The zero-order valence-corrected chi connectivity index (χ0v) is 15.2. The van der Waals surface area contributed by atoms with Gasteiger partial charge in [-0.2, -0.15) is 4.72 Å². The number of aromatic nitrogens is 1. The Labute approximate surface area is 152 Å². The summed E-state index contributed by atoms with van der Waals surface area (Å²) in [7, 11) is -4.00. The van der Waals surface area contributed by atoms with E-state index in [1.165, 1.54) is 0 Å². The van der Waals surface area contributed by atoms with Crippen LogP contribution in [-0.4, -0.2) is 54.4 Å². The first-order chi connectivity index (χ1) is 11.8. The van der Waals surface area contributed by atoms with Crippen LogP contribution in [0.2, 0.25) is 5.02 Å². The van der Waals surface area contributed by atoms with Gasteiger partial charge in [0.05, 0.1) is 10.2 Å². The van der Waals surface area contributed by atoms with E-state index in [0.717, 1.165) is 16.2 Å². The van der Waals surface area contributed by atoms with Gasteiger partial charge in [0.15, 0.2) is 0 Å². The molecule has 2 aromatic rings. The molecule has 1 amide bonds. The lowest BCUT2D eigenvalue weighted by molar-refractivity contribution is -0.146. The average molecular weight is 404 g/mol. The van der Waals surface area contributed by atoms with E-state index in [1.807, 2.05) is 0 Å². The van der Waals surface area contributed by atoms with Crippen LogP contribution in [-0.2, 0) is 19.6 Å². The number of fused-ring (bicyclic) bond motifs is 1. The molecule has 1 aromatic heterocycles. The Hall–Kier alpha value is -1.75. The summed E-state index contributed by atoms with van der Waals surface area (Å²) in [6, 6.07) is 3.88. The molecule has 1 atom stereocenters. The maximum atomic E-state index is 12.5. The SMILES string of the molecule is O=C(O)CN1CCCC(NS(=O)(=O)c2nc3cc(Cl)ccc3s2)C1=O. The Balaban J connectivity index is 1.82. The van der Waals surface area contributed by atoms with Gasteiger partial charge in [0, 0.05) is 11.6 Å². The molecule has 8 nitrogen and oxygen atoms in total. The highest BCUT2D eigenvalue weighted by Gasteiger charge is 2.34. The summed E-state index contributed by atoms with van der Waals surface area (Å²) in [6.07, 6.45) is 0.826. The first-order valence-corrected chi connectivity index (χ1v) is 10.0. The molecule has 2 N–H and O–H groups in total. The Kier molecular flexibility index (Phi) is 4.96. The van der Waals surface area contributed by atoms with Crippen LogP contribution in [0.4, 0.5) is 0 Å². The maximum Gasteiger partial charge on any atom is 0.323 e. The van der Waals surface area contributed by atoms with Crippen LogP contribution < -0.4 is 4.72 Å². The second-order valence-electron chi connectivity index (χ2n) is 5.56. The van der Waals surface area contributed by atoms with Crippen molar-refractivity contribution in [2.24, 2.45) is 0 Å². The Morgan fingerprint density at radius 3 is 2.96 bits per heavy atom. The molecule has 3 rings (SSSR count). The van der Waals surface area contributed by atoms with Crippen LogP contribution >= 0.6 is 22.9 Å². The molecule has 134 valence electrons. The number of sulfonamides is 1. The van der Waals surface area contributed by atoms with Gasteiger partial charge >= 0.3 is 5.97 Å². The number of piperidine rings is 1. The third kappa shape index (κ3) is 3.92. The van der Waals surface area contributed by atoms with Crippen LogP contribution in [0.1, 0.15) is 12.8 Å². The van der Waals surface area contributed by atoms with Gasteiger partial charge in [0.1, 0.15) is 12.6 Å². The fourth-order valence-corrected chi connectivity index (χ4v) is 5.21. The van der Waals surface area contributed by atoms with E-state index in [0.29, 0.717) is 34.6 Å². The van der Waals surface area contributed by atoms with Crippen molar-refractivity contribution in [3.8, 4) is 0 Å². The maximum absolute atomic E-state index is 12.5. The van der Waals surface area contributed by atoms with Crippen molar-refractivity contribution in [1.82, 2.24) is 14.6 Å². The molecule has 0 bridgehead atoms. The predicted octanol–water partition coefficient (Wildman–Crippen LogP) is 1.30. The molecule has 2 heterocycles. The molecule has 1 aromatic carbocycles. The quantitative estimate of drug-likeness (QED) is 0.777. The van der Waals surface area contributed by atoms with Crippen molar-refractivity contribution < 1.29 is 23.1 Å². The monoisotopic (exact) mass is 403 g/mol. The van der Waals surface area contributed by atoms with Gasteiger partial charge in [-0.05, 0) is 31.0 Å². The predicted molar refractivity (Wildman–Crippen MR) is 92.2 cm³/mol. The van der Waals surface area contributed by atoms with Gasteiger partial charge in [-0.15, -0.1) is 11.3 Å². The topological polar surface area (TPSA) is 117 Å². The van der Waals surface area contributed by atoms with Crippen LogP contribution in [0.5, 0.6) is 0 Å². The molecule has 11 heteroatoms.